The molecule has 1 aliphatic rings. The summed E-state index contributed by atoms with van der Waals surface area (Å²) in [7, 11) is 1.32. The number of ether oxygens (including phenoxy) is 3. The summed E-state index contributed by atoms with van der Waals surface area (Å²) in [4.78, 5) is 13.3. The summed E-state index contributed by atoms with van der Waals surface area (Å²) in [5.41, 5.74) is -1.79. The lowest BCUT2D eigenvalue weighted by Crippen LogP contribution is -2.44. The average Bonchev–Trinajstić information content (AvgIpc) is 2.81. The molecule has 1 heterocycles. The minimum Gasteiger partial charge on any atom is -0.491 e. The predicted molar refractivity (Wildman–Crippen MR) is 118 cm³/mol. The van der Waals surface area contributed by atoms with Crippen molar-refractivity contribution in [2.45, 2.75) is 38.3 Å². The van der Waals surface area contributed by atoms with Crippen LogP contribution in [0.5, 0.6) is 5.75 Å². The van der Waals surface area contributed by atoms with Gasteiger partial charge < -0.3 is 14.2 Å². The summed E-state index contributed by atoms with van der Waals surface area (Å²) in [6.07, 6.45) is -9.55. The second-order valence-electron chi connectivity index (χ2n) is 8.68. The topological polar surface area (TPSA) is 48.0 Å². The van der Waals surface area contributed by atoms with Gasteiger partial charge in [0.15, 0.2) is 0 Å². The Kier molecular flexibility index (Phi) is 8.89. The Balaban J connectivity index is 1.64. The minimum atomic E-state index is -4.77. The molecule has 0 saturated carbocycles. The monoisotopic (exact) mass is 519 g/mol. The maximum atomic E-state index is 13.4. The van der Waals surface area contributed by atoms with Crippen molar-refractivity contribution in [3.63, 3.8) is 0 Å². The highest BCUT2D eigenvalue weighted by molar-refractivity contribution is 5.72. The van der Waals surface area contributed by atoms with Crippen molar-refractivity contribution in [2.75, 3.05) is 33.4 Å². The lowest BCUT2D eigenvalue weighted by Gasteiger charge is -2.33. The molecule has 2 unspecified atom stereocenters. The Morgan fingerprint density at radius 1 is 1.11 bits per heavy atom. The number of alkyl halides is 6. The number of nitrogens with zero attached hydrogens (tertiary/aromatic N) is 1. The van der Waals surface area contributed by atoms with Crippen molar-refractivity contribution in [1.29, 1.82) is 0 Å². The van der Waals surface area contributed by atoms with E-state index >= 15 is 0 Å². The largest absolute Gasteiger partial charge is 0.491 e. The van der Waals surface area contributed by atoms with Gasteiger partial charge in [0.2, 0.25) is 0 Å². The quantitative estimate of drug-likeness (QED) is 0.348. The minimum absolute atomic E-state index is 0.0984. The maximum Gasteiger partial charge on any atom is 0.416 e. The van der Waals surface area contributed by atoms with Gasteiger partial charge in [-0.15, -0.1) is 0 Å². The Labute approximate surface area is 204 Å². The number of carbonyl (C=O) groups excluding carboxylic acids is 1. The molecule has 5 nitrogen and oxygen atoms in total. The molecule has 0 bridgehead atoms. The van der Waals surface area contributed by atoms with Crippen LogP contribution in [0.4, 0.5) is 26.3 Å². The van der Waals surface area contributed by atoms with Gasteiger partial charge in [-0.3, -0.25) is 9.69 Å². The molecule has 2 aromatic carbocycles. The first-order valence-corrected chi connectivity index (χ1v) is 11.3. The third kappa shape index (κ3) is 7.60. The fourth-order valence-corrected chi connectivity index (χ4v) is 4.03. The SMILES string of the molecule is COC(=O)C(C)Cc1cccc(OCC2CN(Cc3cc(C(F)(F)F)ccc3C(F)(F)F)CCO2)c1. The van der Waals surface area contributed by atoms with Crippen LogP contribution < -0.4 is 4.74 Å². The third-order valence-corrected chi connectivity index (χ3v) is 5.83. The van der Waals surface area contributed by atoms with Crippen LogP contribution in [0, 0.1) is 5.92 Å². The third-order valence-electron chi connectivity index (χ3n) is 5.83. The van der Waals surface area contributed by atoms with Gasteiger partial charge in [-0.2, -0.15) is 26.3 Å². The first kappa shape index (κ1) is 27.8. The lowest BCUT2D eigenvalue weighted by molar-refractivity contribution is -0.144. The molecule has 0 aromatic heterocycles. The van der Waals surface area contributed by atoms with E-state index in [0.717, 1.165) is 5.56 Å². The number of morpholine rings is 1. The van der Waals surface area contributed by atoms with Crippen molar-refractivity contribution in [3.8, 4) is 5.75 Å². The lowest BCUT2D eigenvalue weighted by atomic mass is 10.0. The van der Waals surface area contributed by atoms with Gasteiger partial charge in [0.25, 0.3) is 0 Å². The number of halogens is 6. The molecule has 36 heavy (non-hydrogen) atoms. The van der Waals surface area contributed by atoms with Crippen LogP contribution >= 0.6 is 0 Å². The molecule has 1 aliphatic heterocycles. The predicted octanol–water partition coefficient (Wildman–Crippen LogP) is 5.36. The number of hydrogen-bond donors (Lipinski definition) is 0. The zero-order valence-corrected chi connectivity index (χ0v) is 19.8. The average molecular weight is 519 g/mol. The number of carbonyl (C=O) groups is 1. The van der Waals surface area contributed by atoms with E-state index in [0.29, 0.717) is 30.4 Å². The van der Waals surface area contributed by atoms with Crippen LogP contribution in [0.25, 0.3) is 0 Å². The van der Waals surface area contributed by atoms with Crippen LogP contribution in [0.2, 0.25) is 0 Å². The van der Waals surface area contributed by atoms with E-state index in [1.54, 1.807) is 30.0 Å². The summed E-state index contributed by atoms with van der Waals surface area (Å²) < 4.78 is 95.8. The van der Waals surface area contributed by atoms with Crippen molar-refractivity contribution in [3.05, 3.63) is 64.7 Å². The summed E-state index contributed by atoms with van der Waals surface area (Å²) >= 11 is 0. The second kappa shape index (κ2) is 11.5. The fourth-order valence-electron chi connectivity index (χ4n) is 4.03. The van der Waals surface area contributed by atoms with Gasteiger partial charge in [0, 0.05) is 19.6 Å². The number of benzene rings is 2. The van der Waals surface area contributed by atoms with Gasteiger partial charge in [0.1, 0.15) is 18.5 Å². The number of rotatable bonds is 8. The van der Waals surface area contributed by atoms with Gasteiger partial charge in [-0.25, -0.2) is 0 Å². The van der Waals surface area contributed by atoms with E-state index in [1.807, 2.05) is 6.07 Å². The van der Waals surface area contributed by atoms with Gasteiger partial charge in [-0.1, -0.05) is 19.1 Å². The maximum absolute atomic E-state index is 13.4. The number of hydrogen-bond acceptors (Lipinski definition) is 5. The smallest absolute Gasteiger partial charge is 0.416 e. The number of esters is 1. The Morgan fingerprint density at radius 2 is 1.86 bits per heavy atom. The molecule has 2 aromatic rings. The molecule has 198 valence electrons. The van der Waals surface area contributed by atoms with Gasteiger partial charge >= 0.3 is 18.3 Å². The molecule has 11 heteroatoms. The zero-order valence-electron chi connectivity index (χ0n) is 19.8. The van der Waals surface area contributed by atoms with Crippen molar-refractivity contribution < 1.29 is 45.3 Å². The molecule has 2 atom stereocenters. The highest BCUT2D eigenvalue weighted by Gasteiger charge is 2.37. The molecule has 0 amide bonds. The van der Waals surface area contributed by atoms with E-state index in [1.165, 1.54) is 7.11 Å². The molecule has 0 aliphatic carbocycles. The molecular formula is C25H27F6NO4. The van der Waals surface area contributed by atoms with E-state index in [-0.39, 0.29) is 44.7 Å². The fraction of sp³-hybridized carbons (Fsp3) is 0.480. The molecule has 3 rings (SSSR count). The number of methoxy groups -OCH3 is 1. The molecular weight excluding hydrogens is 492 g/mol. The van der Waals surface area contributed by atoms with Gasteiger partial charge in [-0.05, 0) is 47.9 Å². The van der Waals surface area contributed by atoms with E-state index in [2.05, 4.69) is 0 Å². The molecule has 0 N–H and O–H groups in total. The molecule has 0 spiro atoms. The van der Waals surface area contributed by atoms with E-state index in [4.69, 9.17) is 14.2 Å². The molecule has 1 saturated heterocycles. The van der Waals surface area contributed by atoms with Crippen molar-refractivity contribution >= 4 is 5.97 Å². The standard InChI is InChI=1S/C25H27F6NO4/c1-16(23(33)34-2)10-17-4-3-5-20(11-17)36-15-21-14-32(8-9-35-21)13-18-12-19(24(26,27)28)6-7-22(18)25(29,30)31/h3-7,11-12,16,21H,8-10,13-15H2,1-2H3. The Bertz CT molecular complexity index is 1040. The van der Waals surface area contributed by atoms with Crippen LogP contribution in [0.3, 0.4) is 0 Å². The first-order valence-electron chi connectivity index (χ1n) is 11.3. The van der Waals surface area contributed by atoms with Crippen LogP contribution in [0.15, 0.2) is 42.5 Å². The van der Waals surface area contributed by atoms with Crippen LogP contribution in [-0.4, -0.2) is 50.4 Å². The van der Waals surface area contributed by atoms with Gasteiger partial charge in [0.05, 0.1) is 30.8 Å². The highest BCUT2D eigenvalue weighted by Crippen LogP contribution is 2.37. The zero-order chi connectivity index (χ0) is 26.5. The summed E-state index contributed by atoms with van der Waals surface area (Å²) in [6, 6.07) is 8.61. The molecule has 0 radical (unpaired) electrons. The summed E-state index contributed by atoms with van der Waals surface area (Å²) in [6.45, 7) is 2.20. The Hall–Kier alpha value is -2.79. The van der Waals surface area contributed by atoms with Crippen LogP contribution in [0.1, 0.15) is 29.2 Å². The normalized spacial score (nSPS) is 18.1. The Morgan fingerprint density at radius 3 is 2.53 bits per heavy atom. The van der Waals surface area contributed by atoms with E-state index < -0.39 is 35.1 Å². The molecule has 1 fully saturated rings. The summed E-state index contributed by atoms with van der Waals surface area (Å²) in [5, 5.41) is 0. The van der Waals surface area contributed by atoms with E-state index in [9.17, 15) is 31.1 Å². The van der Waals surface area contributed by atoms with Crippen molar-refractivity contribution in [1.82, 2.24) is 4.90 Å². The van der Waals surface area contributed by atoms with Crippen molar-refractivity contribution in [2.24, 2.45) is 5.92 Å². The first-order chi connectivity index (χ1) is 16.9. The second-order valence-corrected chi connectivity index (χ2v) is 8.68. The van der Waals surface area contributed by atoms with Crippen LogP contribution in [-0.2, 0) is 39.6 Å². The highest BCUT2D eigenvalue weighted by atomic mass is 19.4. The summed E-state index contributed by atoms with van der Waals surface area (Å²) in [5.74, 6) is -0.132.